The van der Waals surface area contributed by atoms with Gasteiger partial charge in [-0.2, -0.15) is 0 Å². The van der Waals surface area contributed by atoms with Crippen LogP contribution in [0.2, 0.25) is 0 Å². The van der Waals surface area contributed by atoms with Crippen LogP contribution in [0.4, 0.5) is 0 Å². The van der Waals surface area contributed by atoms with Gasteiger partial charge < -0.3 is 15.3 Å². The van der Waals surface area contributed by atoms with Crippen LogP contribution >= 0.6 is 0 Å². The second-order valence-corrected chi connectivity index (χ2v) is 4.83. The smallest absolute Gasteiger partial charge is 0.306 e. The van der Waals surface area contributed by atoms with Crippen molar-refractivity contribution in [1.82, 2.24) is 15.1 Å². The highest BCUT2D eigenvalue weighted by Gasteiger charge is 2.27. The molecule has 1 amide bonds. The zero-order valence-electron chi connectivity index (χ0n) is 11.2. The van der Waals surface area contributed by atoms with Gasteiger partial charge in [0.25, 0.3) is 0 Å². The van der Waals surface area contributed by atoms with E-state index in [-0.39, 0.29) is 11.8 Å². The predicted octanol–water partition coefficient (Wildman–Crippen LogP) is -0.539. The van der Waals surface area contributed by atoms with Crippen molar-refractivity contribution < 1.29 is 14.7 Å². The Kier molecular flexibility index (Phi) is 6.07. The molecular weight excluding hydrogens is 234 g/mol. The van der Waals surface area contributed by atoms with Crippen molar-refractivity contribution in [3.8, 4) is 0 Å². The number of rotatable bonds is 6. The molecule has 0 atom stereocenters. The molecule has 1 aliphatic rings. The lowest BCUT2D eigenvalue weighted by molar-refractivity contribution is -0.145. The third-order valence-electron chi connectivity index (χ3n) is 3.35. The van der Waals surface area contributed by atoms with E-state index in [1.54, 1.807) is 4.90 Å². The minimum atomic E-state index is -0.742. The Labute approximate surface area is 108 Å². The van der Waals surface area contributed by atoms with Crippen LogP contribution in [0, 0.1) is 5.92 Å². The van der Waals surface area contributed by atoms with Gasteiger partial charge in [-0.3, -0.25) is 14.5 Å². The van der Waals surface area contributed by atoms with Gasteiger partial charge in [-0.15, -0.1) is 0 Å². The highest BCUT2D eigenvalue weighted by atomic mass is 16.4. The van der Waals surface area contributed by atoms with Crippen LogP contribution in [0.15, 0.2) is 0 Å². The quantitative estimate of drug-likeness (QED) is 0.668. The summed E-state index contributed by atoms with van der Waals surface area (Å²) in [6.45, 7) is 3.21. The van der Waals surface area contributed by atoms with Crippen molar-refractivity contribution in [2.45, 2.75) is 12.8 Å². The Morgan fingerprint density at radius 1 is 1.39 bits per heavy atom. The summed E-state index contributed by atoms with van der Waals surface area (Å²) in [5.41, 5.74) is 0. The molecule has 0 aromatic heterocycles. The Bertz CT molecular complexity index is 288. The number of carbonyl (C=O) groups is 2. The average molecular weight is 257 g/mol. The second kappa shape index (κ2) is 7.33. The number of nitrogens with zero attached hydrogens (tertiary/aromatic N) is 2. The lowest BCUT2D eigenvalue weighted by atomic mass is 9.97. The largest absolute Gasteiger partial charge is 0.481 e. The van der Waals surface area contributed by atoms with Crippen LogP contribution in [0.1, 0.15) is 12.8 Å². The van der Waals surface area contributed by atoms with Crippen molar-refractivity contribution in [1.29, 1.82) is 0 Å². The van der Waals surface area contributed by atoms with E-state index in [0.29, 0.717) is 32.5 Å². The van der Waals surface area contributed by atoms with E-state index in [0.717, 1.165) is 13.1 Å². The number of aliphatic carboxylic acids is 1. The zero-order valence-corrected chi connectivity index (χ0v) is 11.2. The standard InChI is InChI=1S/C12H23N3O3/c1-13-5-8-14(2)9-11(16)15-6-3-10(4-7-15)12(17)18/h10,13H,3-9H2,1-2H3,(H,17,18). The number of piperidine rings is 1. The molecule has 1 rings (SSSR count). The van der Waals surface area contributed by atoms with Crippen molar-refractivity contribution >= 4 is 11.9 Å². The monoisotopic (exact) mass is 257 g/mol. The molecule has 104 valence electrons. The van der Waals surface area contributed by atoms with E-state index in [1.165, 1.54) is 0 Å². The van der Waals surface area contributed by atoms with Gasteiger partial charge in [0.15, 0.2) is 0 Å². The van der Waals surface area contributed by atoms with Crippen LogP contribution < -0.4 is 5.32 Å². The molecule has 1 aliphatic heterocycles. The summed E-state index contributed by atoms with van der Waals surface area (Å²) in [6.07, 6.45) is 1.14. The molecule has 2 N–H and O–H groups in total. The maximum Gasteiger partial charge on any atom is 0.306 e. The molecular formula is C12H23N3O3. The fourth-order valence-corrected chi connectivity index (χ4v) is 2.09. The van der Waals surface area contributed by atoms with Gasteiger partial charge in [0, 0.05) is 26.2 Å². The highest BCUT2D eigenvalue weighted by molar-refractivity contribution is 5.78. The van der Waals surface area contributed by atoms with Gasteiger partial charge in [0.2, 0.25) is 5.91 Å². The first-order chi connectivity index (χ1) is 8.54. The topological polar surface area (TPSA) is 72.9 Å². The van der Waals surface area contributed by atoms with Crippen molar-refractivity contribution in [3.63, 3.8) is 0 Å². The number of carboxylic acid groups (broad SMARTS) is 1. The minimum absolute atomic E-state index is 0.0949. The van der Waals surface area contributed by atoms with E-state index >= 15 is 0 Å². The summed E-state index contributed by atoms with van der Waals surface area (Å²) in [4.78, 5) is 26.5. The number of nitrogens with one attached hydrogen (secondary N) is 1. The van der Waals surface area contributed by atoms with Gasteiger partial charge in [0.1, 0.15) is 0 Å². The molecule has 0 radical (unpaired) electrons. The lowest BCUT2D eigenvalue weighted by Gasteiger charge is -2.31. The second-order valence-electron chi connectivity index (χ2n) is 4.83. The van der Waals surface area contributed by atoms with Crippen LogP contribution in [-0.2, 0) is 9.59 Å². The molecule has 0 unspecified atom stereocenters. The Morgan fingerprint density at radius 3 is 2.50 bits per heavy atom. The number of likely N-dealkylation sites (tertiary alicyclic amines) is 1. The number of carbonyl (C=O) groups excluding carboxylic acids is 1. The van der Waals surface area contributed by atoms with Gasteiger partial charge in [-0.25, -0.2) is 0 Å². The Hall–Kier alpha value is -1.14. The molecule has 0 saturated carbocycles. The SMILES string of the molecule is CNCCN(C)CC(=O)N1CCC(C(=O)O)CC1. The molecule has 1 heterocycles. The van der Waals surface area contributed by atoms with Gasteiger partial charge in [-0.05, 0) is 26.9 Å². The molecule has 0 spiro atoms. The molecule has 18 heavy (non-hydrogen) atoms. The third-order valence-corrected chi connectivity index (χ3v) is 3.35. The lowest BCUT2D eigenvalue weighted by Crippen LogP contribution is -2.45. The van der Waals surface area contributed by atoms with Crippen LogP contribution in [0.25, 0.3) is 0 Å². The third kappa shape index (κ3) is 4.62. The highest BCUT2D eigenvalue weighted by Crippen LogP contribution is 2.17. The summed E-state index contributed by atoms with van der Waals surface area (Å²) in [5, 5.41) is 11.9. The first kappa shape index (κ1) is 14.9. The van der Waals surface area contributed by atoms with Crippen molar-refractivity contribution in [2.75, 3.05) is 46.8 Å². The number of hydrogen-bond donors (Lipinski definition) is 2. The van der Waals surface area contributed by atoms with E-state index in [1.807, 2.05) is 19.0 Å². The number of carboxylic acids is 1. The average Bonchev–Trinajstić information content (AvgIpc) is 2.36. The molecule has 0 aromatic carbocycles. The van der Waals surface area contributed by atoms with Crippen LogP contribution in [-0.4, -0.2) is 73.6 Å². The Balaban J connectivity index is 2.29. The maximum atomic E-state index is 12.0. The van der Waals surface area contributed by atoms with E-state index in [4.69, 9.17) is 5.11 Å². The molecule has 0 aliphatic carbocycles. The van der Waals surface area contributed by atoms with E-state index < -0.39 is 5.97 Å². The molecule has 0 bridgehead atoms. The first-order valence-electron chi connectivity index (χ1n) is 6.38. The summed E-state index contributed by atoms with van der Waals surface area (Å²) in [7, 11) is 3.80. The van der Waals surface area contributed by atoms with Gasteiger partial charge in [0.05, 0.1) is 12.5 Å². The van der Waals surface area contributed by atoms with Crippen molar-refractivity contribution in [2.24, 2.45) is 5.92 Å². The van der Waals surface area contributed by atoms with Gasteiger partial charge >= 0.3 is 5.97 Å². The fourth-order valence-electron chi connectivity index (χ4n) is 2.09. The number of hydrogen-bond acceptors (Lipinski definition) is 4. The van der Waals surface area contributed by atoms with E-state index in [2.05, 4.69) is 5.32 Å². The normalized spacial score (nSPS) is 17.2. The van der Waals surface area contributed by atoms with Gasteiger partial charge in [-0.1, -0.05) is 0 Å². The Morgan fingerprint density at radius 2 is 2.00 bits per heavy atom. The summed E-state index contributed by atoms with van der Waals surface area (Å²) in [5.74, 6) is -0.929. The first-order valence-corrected chi connectivity index (χ1v) is 6.38. The summed E-state index contributed by atoms with van der Waals surface area (Å²) >= 11 is 0. The van der Waals surface area contributed by atoms with Crippen LogP contribution in [0.5, 0.6) is 0 Å². The number of likely N-dealkylation sites (N-methyl/N-ethyl adjacent to an activating group) is 2. The molecule has 1 saturated heterocycles. The molecule has 0 aromatic rings. The summed E-state index contributed by atoms with van der Waals surface area (Å²) < 4.78 is 0. The minimum Gasteiger partial charge on any atom is -0.481 e. The van der Waals surface area contributed by atoms with Crippen molar-refractivity contribution in [3.05, 3.63) is 0 Å². The number of amides is 1. The van der Waals surface area contributed by atoms with E-state index in [9.17, 15) is 9.59 Å². The predicted molar refractivity (Wildman–Crippen MR) is 68.4 cm³/mol. The fraction of sp³-hybridized carbons (Fsp3) is 0.833. The maximum absolute atomic E-state index is 12.0. The molecule has 6 heteroatoms. The molecule has 1 fully saturated rings. The zero-order chi connectivity index (χ0) is 13.5. The molecule has 6 nitrogen and oxygen atoms in total. The van der Waals surface area contributed by atoms with Crippen LogP contribution in [0.3, 0.4) is 0 Å². The summed E-state index contributed by atoms with van der Waals surface area (Å²) in [6, 6.07) is 0.